The quantitative estimate of drug-likeness (QED) is 0.450. The van der Waals surface area contributed by atoms with Crippen LogP contribution in [0.15, 0.2) is 12.7 Å². The molecule has 0 fully saturated rings. The van der Waals surface area contributed by atoms with Gasteiger partial charge in [0, 0.05) is 5.41 Å². The van der Waals surface area contributed by atoms with Gasteiger partial charge >= 0.3 is 0 Å². The first kappa shape index (κ1) is 10.3. The van der Waals surface area contributed by atoms with Gasteiger partial charge in [-0.15, -0.1) is 0 Å². The van der Waals surface area contributed by atoms with Gasteiger partial charge in [0.1, 0.15) is 5.60 Å². The molecule has 0 heterocycles. The zero-order valence-electron chi connectivity index (χ0n) is 7.73. The van der Waals surface area contributed by atoms with E-state index in [1.54, 1.807) is 6.92 Å². The third-order valence-electron chi connectivity index (χ3n) is 1.09. The molecule has 0 spiro atoms. The molecule has 1 atom stereocenters. The molecular formula is C10H16O. The molecule has 0 amide bonds. The maximum atomic E-state index is 9.39. The van der Waals surface area contributed by atoms with E-state index in [0.29, 0.717) is 0 Å². The van der Waals surface area contributed by atoms with Gasteiger partial charge in [-0.05, 0) is 33.8 Å². The van der Waals surface area contributed by atoms with E-state index in [0.717, 1.165) is 0 Å². The van der Waals surface area contributed by atoms with Gasteiger partial charge in [0.05, 0.1) is 0 Å². The van der Waals surface area contributed by atoms with Crippen molar-refractivity contribution in [3.63, 3.8) is 0 Å². The van der Waals surface area contributed by atoms with E-state index < -0.39 is 5.60 Å². The summed E-state index contributed by atoms with van der Waals surface area (Å²) in [6, 6.07) is 0. The highest BCUT2D eigenvalue weighted by Crippen LogP contribution is 2.11. The third-order valence-corrected chi connectivity index (χ3v) is 1.09. The normalized spacial score (nSPS) is 16.1. The summed E-state index contributed by atoms with van der Waals surface area (Å²) < 4.78 is 0. The lowest BCUT2D eigenvalue weighted by Gasteiger charge is -2.12. The predicted molar refractivity (Wildman–Crippen MR) is 48.1 cm³/mol. The Morgan fingerprint density at radius 2 is 1.64 bits per heavy atom. The average molecular weight is 152 g/mol. The predicted octanol–water partition coefficient (Wildman–Crippen LogP) is 1.97. The molecule has 0 saturated heterocycles. The molecule has 62 valence electrons. The summed E-state index contributed by atoms with van der Waals surface area (Å²) in [6.07, 6.45) is 1.44. The summed E-state index contributed by atoms with van der Waals surface area (Å²) >= 11 is 0. The van der Waals surface area contributed by atoms with Crippen LogP contribution in [0.5, 0.6) is 0 Å². The van der Waals surface area contributed by atoms with Crippen LogP contribution in [0, 0.1) is 17.3 Å². The van der Waals surface area contributed by atoms with Crippen LogP contribution in [0.3, 0.4) is 0 Å². The second-order valence-corrected chi connectivity index (χ2v) is 3.85. The van der Waals surface area contributed by atoms with Crippen molar-refractivity contribution in [1.82, 2.24) is 0 Å². The van der Waals surface area contributed by atoms with Crippen molar-refractivity contribution in [2.24, 2.45) is 5.41 Å². The van der Waals surface area contributed by atoms with Crippen molar-refractivity contribution < 1.29 is 5.11 Å². The Hall–Kier alpha value is -0.740. The fourth-order valence-corrected chi connectivity index (χ4v) is 0.365. The molecule has 0 aliphatic rings. The first-order valence-electron chi connectivity index (χ1n) is 3.67. The van der Waals surface area contributed by atoms with Gasteiger partial charge in [0.2, 0.25) is 0 Å². The van der Waals surface area contributed by atoms with Crippen molar-refractivity contribution in [1.29, 1.82) is 0 Å². The van der Waals surface area contributed by atoms with E-state index in [1.165, 1.54) is 6.08 Å². The zero-order valence-corrected chi connectivity index (χ0v) is 7.73. The van der Waals surface area contributed by atoms with E-state index in [9.17, 15) is 5.11 Å². The number of aliphatic hydroxyl groups is 1. The lowest BCUT2D eigenvalue weighted by atomic mass is 9.96. The van der Waals surface area contributed by atoms with Crippen molar-refractivity contribution in [3.05, 3.63) is 12.7 Å². The van der Waals surface area contributed by atoms with Crippen LogP contribution in [0.2, 0.25) is 0 Å². The van der Waals surface area contributed by atoms with Gasteiger partial charge in [0.15, 0.2) is 0 Å². The highest BCUT2D eigenvalue weighted by molar-refractivity contribution is 5.21. The fourth-order valence-electron chi connectivity index (χ4n) is 0.365. The molecule has 0 radical (unpaired) electrons. The first-order chi connectivity index (χ1) is 4.77. The van der Waals surface area contributed by atoms with Crippen LogP contribution in [0.25, 0.3) is 0 Å². The largest absolute Gasteiger partial charge is 0.374 e. The molecule has 0 rings (SSSR count). The smallest absolute Gasteiger partial charge is 0.141 e. The molecule has 1 N–H and O–H groups in total. The summed E-state index contributed by atoms with van der Waals surface area (Å²) in [7, 11) is 0. The standard InChI is InChI=1S/C10H16O/c1-6-10(5,11)8-7-9(2,3)4/h6,11H,1H2,2-5H3. The zero-order chi connectivity index (χ0) is 9.12. The molecule has 0 saturated carbocycles. The summed E-state index contributed by atoms with van der Waals surface area (Å²) in [5, 5.41) is 9.39. The van der Waals surface area contributed by atoms with Crippen LogP contribution in [0.4, 0.5) is 0 Å². The fraction of sp³-hybridized carbons (Fsp3) is 0.600. The van der Waals surface area contributed by atoms with Gasteiger partial charge in [-0.3, -0.25) is 0 Å². The first-order valence-corrected chi connectivity index (χ1v) is 3.67. The molecule has 0 aromatic rings. The van der Waals surface area contributed by atoms with Gasteiger partial charge in [-0.2, -0.15) is 0 Å². The molecule has 0 aliphatic carbocycles. The third kappa shape index (κ3) is 5.69. The molecule has 1 unspecified atom stereocenters. The maximum Gasteiger partial charge on any atom is 0.141 e. The topological polar surface area (TPSA) is 20.2 Å². The van der Waals surface area contributed by atoms with E-state index in [1.807, 2.05) is 20.8 Å². The molecular weight excluding hydrogens is 136 g/mol. The van der Waals surface area contributed by atoms with Crippen LogP contribution < -0.4 is 0 Å². The Morgan fingerprint density at radius 1 is 1.18 bits per heavy atom. The Morgan fingerprint density at radius 3 is 1.91 bits per heavy atom. The van der Waals surface area contributed by atoms with E-state index in [2.05, 4.69) is 18.4 Å². The minimum absolute atomic E-state index is 0.0625. The van der Waals surface area contributed by atoms with Crippen molar-refractivity contribution in [3.8, 4) is 11.8 Å². The van der Waals surface area contributed by atoms with E-state index in [4.69, 9.17) is 0 Å². The Kier molecular flexibility index (Phi) is 2.90. The Bertz CT molecular complexity index is 195. The van der Waals surface area contributed by atoms with Crippen LogP contribution in [-0.4, -0.2) is 10.7 Å². The number of hydrogen-bond acceptors (Lipinski definition) is 1. The number of rotatable bonds is 1. The van der Waals surface area contributed by atoms with E-state index in [-0.39, 0.29) is 5.41 Å². The molecule has 0 aromatic carbocycles. The van der Waals surface area contributed by atoms with E-state index >= 15 is 0 Å². The van der Waals surface area contributed by atoms with Crippen LogP contribution in [0.1, 0.15) is 27.7 Å². The number of hydrogen-bond donors (Lipinski definition) is 1. The summed E-state index contributed by atoms with van der Waals surface area (Å²) in [4.78, 5) is 0. The van der Waals surface area contributed by atoms with Crippen LogP contribution >= 0.6 is 0 Å². The monoisotopic (exact) mass is 152 g/mol. The van der Waals surface area contributed by atoms with Gasteiger partial charge < -0.3 is 5.11 Å². The second-order valence-electron chi connectivity index (χ2n) is 3.85. The average Bonchev–Trinajstić information content (AvgIpc) is 1.83. The highest BCUT2D eigenvalue weighted by atomic mass is 16.3. The lowest BCUT2D eigenvalue weighted by molar-refractivity contribution is 0.174. The molecule has 0 aromatic heterocycles. The maximum absolute atomic E-state index is 9.39. The minimum Gasteiger partial charge on any atom is -0.374 e. The highest BCUT2D eigenvalue weighted by Gasteiger charge is 2.11. The van der Waals surface area contributed by atoms with Crippen molar-refractivity contribution in [2.75, 3.05) is 0 Å². The SMILES string of the molecule is C=CC(C)(O)C#CC(C)(C)C. The van der Waals surface area contributed by atoms with Gasteiger partial charge in [-0.25, -0.2) is 0 Å². The van der Waals surface area contributed by atoms with Gasteiger partial charge in [-0.1, -0.05) is 18.4 Å². The summed E-state index contributed by atoms with van der Waals surface area (Å²) in [5.74, 6) is 5.68. The summed E-state index contributed by atoms with van der Waals surface area (Å²) in [6.45, 7) is 11.1. The Labute approximate surface area is 69.1 Å². The van der Waals surface area contributed by atoms with Crippen molar-refractivity contribution >= 4 is 0 Å². The van der Waals surface area contributed by atoms with Crippen LogP contribution in [-0.2, 0) is 0 Å². The summed E-state index contributed by atoms with van der Waals surface area (Å²) in [5.41, 5.74) is -1.11. The lowest BCUT2D eigenvalue weighted by Crippen LogP contribution is -2.18. The van der Waals surface area contributed by atoms with Crippen molar-refractivity contribution in [2.45, 2.75) is 33.3 Å². The van der Waals surface area contributed by atoms with Gasteiger partial charge in [0.25, 0.3) is 0 Å². The molecule has 11 heavy (non-hydrogen) atoms. The second kappa shape index (κ2) is 3.11. The minimum atomic E-state index is -1.05. The molecule has 1 nitrogen and oxygen atoms in total. The molecule has 0 aliphatic heterocycles. The molecule has 1 heteroatoms. The Balaban J connectivity index is 4.41. The molecule has 0 bridgehead atoms.